The number of rotatable bonds is 12. The summed E-state index contributed by atoms with van der Waals surface area (Å²) in [5.41, 5.74) is 1.20. The van der Waals surface area contributed by atoms with Crippen molar-refractivity contribution in [3.05, 3.63) is 58.9 Å². The lowest BCUT2D eigenvalue weighted by Gasteiger charge is -2.30. The van der Waals surface area contributed by atoms with Crippen LogP contribution in [-0.2, 0) is 11.3 Å². The highest BCUT2D eigenvalue weighted by Crippen LogP contribution is 2.25. The molecule has 0 unspecified atom stereocenters. The molecule has 35 heavy (non-hydrogen) atoms. The zero-order valence-corrected chi connectivity index (χ0v) is 22.1. The molecule has 0 radical (unpaired) electrons. The highest BCUT2D eigenvalue weighted by atomic mass is 32.2. The second-order valence-electron chi connectivity index (χ2n) is 8.98. The van der Waals surface area contributed by atoms with Crippen LogP contribution in [0, 0.1) is 0 Å². The van der Waals surface area contributed by atoms with Crippen LogP contribution in [0.1, 0.15) is 41.0 Å². The smallest absolute Gasteiger partial charge is 0.262 e. The van der Waals surface area contributed by atoms with Gasteiger partial charge in [0, 0.05) is 25.2 Å². The first kappa shape index (κ1) is 26.8. The average Bonchev–Trinajstić information content (AvgIpc) is 2.83. The molecule has 188 valence electrons. The number of ether oxygens (including phenoxy) is 1. The Hall–Kier alpha value is -2.84. The van der Waals surface area contributed by atoms with E-state index in [1.165, 1.54) is 11.8 Å². The van der Waals surface area contributed by atoms with Gasteiger partial charge in [-0.1, -0.05) is 43.0 Å². The molecule has 0 fully saturated rings. The Morgan fingerprint density at radius 2 is 1.77 bits per heavy atom. The number of hydrogen-bond donors (Lipinski definition) is 1. The van der Waals surface area contributed by atoms with E-state index in [1.807, 2.05) is 49.4 Å². The molecule has 1 heterocycles. The van der Waals surface area contributed by atoms with Gasteiger partial charge in [-0.2, -0.15) is 0 Å². The summed E-state index contributed by atoms with van der Waals surface area (Å²) >= 11 is 1.28. The Kier molecular flexibility index (Phi) is 9.74. The summed E-state index contributed by atoms with van der Waals surface area (Å²) in [6.07, 6.45) is 0.883. The molecule has 8 heteroatoms. The summed E-state index contributed by atoms with van der Waals surface area (Å²) in [4.78, 5) is 33.2. The number of fused-ring (bicyclic) bond motifs is 1. The first-order valence-corrected chi connectivity index (χ1v) is 13.2. The first-order chi connectivity index (χ1) is 16.8. The van der Waals surface area contributed by atoms with Gasteiger partial charge >= 0.3 is 0 Å². The van der Waals surface area contributed by atoms with E-state index in [-0.39, 0.29) is 17.2 Å². The lowest BCUT2D eigenvalue weighted by Crippen LogP contribution is -2.40. The Balaban J connectivity index is 1.80. The molecule has 0 bridgehead atoms. The van der Waals surface area contributed by atoms with Crippen LogP contribution in [0.25, 0.3) is 10.9 Å². The van der Waals surface area contributed by atoms with Gasteiger partial charge in [0.05, 0.1) is 29.0 Å². The molecule has 1 aromatic heterocycles. The molecule has 2 aromatic carbocycles. The number of anilines is 1. The zero-order valence-electron chi connectivity index (χ0n) is 21.3. The minimum atomic E-state index is -0.178. The van der Waals surface area contributed by atoms with Gasteiger partial charge in [-0.15, -0.1) is 0 Å². The van der Waals surface area contributed by atoms with Crippen molar-refractivity contribution in [1.29, 1.82) is 0 Å². The number of hydrogen-bond acceptors (Lipinski definition) is 6. The van der Waals surface area contributed by atoms with Crippen molar-refractivity contribution in [2.45, 2.75) is 64.8 Å². The SMILES string of the molecule is CCCOc1ccccc1NC(=O)CSc1nc2ccccc2c(=O)n1CCN(C(C)C)C(C)C. The number of nitrogens with one attached hydrogen (secondary N) is 1. The Morgan fingerprint density at radius 1 is 1.09 bits per heavy atom. The van der Waals surface area contributed by atoms with Gasteiger partial charge in [0.15, 0.2) is 5.16 Å². The monoisotopic (exact) mass is 496 g/mol. The number of thioether (sulfide) groups is 1. The zero-order chi connectivity index (χ0) is 25.4. The molecule has 0 atom stereocenters. The van der Waals surface area contributed by atoms with E-state index in [4.69, 9.17) is 9.72 Å². The fourth-order valence-corrected chi connectivity index (χ4v) is 4.83. The maximum atomic E-state index is 13.4. The van der Waals surface area contributed by atoms with Crippen molar-refractivity contribution >= 4 is 34.3 Å². The lowest BCUT2D eigenvalue weighted by atomic mass is 10.2. The van der Waals surface area contributed by atoms with Crippen molar-refractivity contribution in [2.75, 3.05) is 24.2 Å². The quantitative estimate of drug-likeness (QED) is 0.280. The van der Waals surface area contributed by atoms with Gasteiger partial charge < -0.3 is 10.1 Å². The molecular weight excluding hydrogens is 460 g/mol. The van der Waals surface area contributed by atoms with Gasteiger partial charge in [-0.3, -0.25) is 19.1 Å². The van der Waals surface area contributed by atoms with Crippen molar-refractivity contribution in [1.82, 2.24) is 14.5 Å². The van der Waals surface area contributed by atoms with E-state index in [2.05, 4.69) is 37.9 Å². The van der Waals surface area contributed by atoms with E-state index < -0.39 is 0 Å². The van der Waals surface area contributed by atoms with E-state index in [9.17, 15) is 9.59 Å². The minimum Gasteiger partial charge on any atom is -0.491 e. The molecule has 7 nitrogen and oxygen atoms in total. The fraction of sp³-hybridized carbons (Fsp3) is 0.444. The Morgan fingerprint density at radius 3 is 2.49 bits per heavy atom. The molecule has 3 rings (SSSR count). The maximum absolute atomic E-state index is 13.4. The van der Waals surface area contributed by atoms with Gasteiger partial charge in [0.1, 0.15) is 5.75 Å². The van der Waals surface area contributed by atoms with Crippen molar-refractivity contribution in [3.8, 4) is 5.75 Å². The van der Waals surface area contributed by atoms with E-state index in [0.717, 1.165) is 13.0 Å². The summed E-state index contributed by atoms with van der Waals surface area (Å²) < 4.78 is 7.45. The summed E-state index contributed by atoms with van der Waals surface area (Å²) in [6.45, 7) is 12.5. The molecule has 0 spiro atoms. The third-order valence-corrected chi connectivity index (χ3v) is 6.67. The van der Waals surface area contributed by atoms with Crippen molar-refractivity contribution in [2.24, 2.45) is 0 Å². The summed E-state index contributed by atoms with van der Waals surface area (Å²) in [7, 11) is 0. The highest BCUT2D eigenvalue weighted by Gasteiger charge is 2.18. The first-order valence-electron chi connectivity index (χ1n) is 12.2. The third-order valence-electron chi connectivity index (χ3n) is 5.69. The van der Waals surface area contributed by atoms with Crippen LogP contribution < -0.4 is 15.6 Å². The normalized spacial score (nSPS) is 11.5. The van der Waals surface area contributed by atoms with E-state index in [0.29, 0.717) is 52.7 Å². The largest absolute Gasteiger partial charge is 0.491 e. The Labute approximate surface area is 211 Å². The highest BCUT2D eigenvalue weighted by molar-refractivity contribution is 7.99. The Bertz CT molecular complexity index is 1180. The number of benzene rings is 2. The molecule has 3 aromatic rings. The van der Waals surface area contributed by atoms with Gasteiger partial charge in [0.25, 0.3) is 5.56 Å². The molecule has 0 saturated heterocycles. The minimum absolute atomic E-state index is 0.0794. The number of nitrogens with zero attached hydrogens (tertiary/aromatic N) is 3. The maximum Gasteiger partial charge on any atom is 0.262 e. The molecule has 0 aliphatic carbocycles. The second kappa shape index (κ2) is 12.7. The average molecular weight is 497 g/mol. The molecule has 1 amide bonds. The van der Waals surface area contributed by atoms with E-state index >= 15 is 0 Å². The molecular formula is C27H36N4O3S. The standard InChI is InChI=1S/C27H36N4O3S/c1-6-17-34-24-14-10-9-13-23(24)28-25(32)18-35-27-29-22-12-8-7-11-21(22)26(33)31(27)16-15-30(19(2)3)20(4)5/h7-14,19-20H,6,15-18H2,1-5H3,(H,28,32). The number of para-hydroxylation sites is 3. The van der Waals surface area contributed by atoms with Crippen LogP contribution in [0.15, 0.2) is 58.5 Å². The van der Waals surface area contributed by atoms with Gasteiger partial charge in [0.2, 0.25) is 5.91 Å². The van der Waals surface area contributed by atoms with Crippen LogP contribution in [0.5, 0.6) is 5.75 Å². The molecule has 0 saturated carbocycles. The van der Waals surface area contributed by atoms with Crippen molar-refractivity contribution < 1.29 is 9.53 Å². The van der Waals surface area contributed by atoms with Crippen LogP contribution in [0.4, 0.5) is 5.69 Å². The number of amides is 1. The summed E-state index contributed by atoms with van der Waals surface area (Å²) in [6, 6.07) is 15.5. The topological polar surface area (TPSA) is 76.5 Å². The van der Waals surface area contributed by atoms with Crippen molar-refractivity contribution in [3.63, 3.8) is 0 Å². The van der Waals surface area contributed by atoms with Gasteiger partial charge in [-0.05, 0) is 58.4 Å². The van der Waals surface area contributed by atoms with Crippen LogP contribution in [0.3, 0.4) is 0 Å². The predicted octanol–water partition coefficient (Wildman–Crippen LogP) is 5.03. The van der Waals surface area contributed by atoms with Crippen LogP contribution in [-0.4, -0.2) is 51.3 Å². The summed E-state index contributed by atoms with van der Waals surface area (Å²) in [5, 5.41) is 4.07. The molecule has 1 N–H and O–H groups in total. The predicted molar refractivity (Wildman–Crippen MR) is 145 cm³/mol. The second-order valence-corrected chi connectivity index (χ2v) is 9.92. The lowest BCUT2D eigenvalue weighted by molar-refractivity contribution is -0.113. The number of aromatic nitrogens is 2. The fourth-order valence-electron chi connectivity index (χ4n) is 4.01. The third kappa shape index (κ3) is 7.08. The molecule has 0 aliphatic heterocycles. The number of carbonyl (C=O) groups excluding carboxylic acids is 1. The summed E-state index contributed by atoms with van der Waals surface area (Å²) in [5.74, 6) is 0.601. The van der Waals surface area contributed by atoms with Crippen LogP contribution >= 0.6 is 11.8 Å². The van der Waals surface area contributed by atoms with Gasteiger partial charge in [-0.25, -0.2) is 4.98 Å². The van der Waals surface area contributed by atoms with E-state index in [1.54, 1.807) is 10.6 Å². The molecule has 0 aliphatic rings. The van der Waals surface area contributed by atoms with Crippen LogP contribution in [0.2, 0.25) is 0 Å². The number of carbonyl (C=O) groups is 1.